The molecule has 0 bridgehead atoms. The van der Waals surface area contributed by atoms with Crippen molar-refractivity contribution in [1.82, 2.24) is 10.3 Å². The number of rotatable bonds is 5. The van der Waals surface area contributed by atoms with Crippen molar-refractivity contribution >= 4 is 52.8 Å². The molecule has 2 amide bonds. The second kappa shape index (κ2) is 12.4. The molecule has 40 heavy (non-hydrogen) atoms. The average molecular weight is 587 g/mol. The highest BCUT2D eigenvalue weighted by molar-refractivity contribution is 6.35. The molecule has 2 aliphatic rings. The summed E-state index contributed by atoms with van der Waals surface area (Å²) >= 11 is 6.57. The number of fused-ring (bicyclic) bond motifs is 1. The number of carbonyl (C=O) groups excluding carboxylic acids is 2. The number of amides is 2. The maximum atomic E-state index is 15.5. The van der Waals surface area contributed by atoms with Gasteiger partial charge in [-0.25, -0.2) is 8.78 Å². The van der Waals surface area contributed by atoms with Crippen LogP contribution in [0.25, 0.3) is 5.57 Å². The first-order chi connectivity index (χ1) is 18.7. The van der Waals surface area contributed by atoms with E-state index in [2.05, 4.69) is 22.1 Å². The quantitative estimate of drug-likeness (QED) is 0.352. The van der Waals surface area contributed by atoms with E-state index in [1.165, 1.54) is 11.0 Å². The van der Waals surface area contributed by atoms with Crippen LogP contribution < -0.4 is 15.1 Å². The first-order valence-electron chi connectivity index (χ1n) is 13.0. The van der Waals surface area contributed by atoms with Crippen molar-refractivity contribution in [3.05, 3.63) is 94.8 Å². The van der Waals surface area contributed by atoms with E-state index in [4.69, 9.17) is 11.6 Å². The van der Waals surface area contributed by atoms with Crippen molar-refractivity contribution in [1.29, 1.82) is 0 Å². The number of nitrogens with one attached hydrogen (secondary N) is 1. The summed E-state index contributed by atoms with van der Waals surface area (Å²) in [6.07, 6.45) is 2.96. The molecule has 3 heterocycles. The van der Waals surface area contributed by atoms with Gasteiger partial charge in [0.15, 0.2) is 0 Å². The first kappa shape index (κ1) is 29.5. The van der Waals surface area contributed by atoms with E-state index < -0.39 is 29.7 Å². The number of alkyl halides is 2. The summed E-state index contributed by atoms with van der Waals surface area (Å²) < 4.78 is 31.0. The van der Waals surface area contributed by atoms with Crippen molar-refractivity contribution in [3.63, 3.8) is 0 Å². The van der Waals surface area contributed by atoms with Gasteiger partial charge >= 0.3 is 0 Å². The van der Waals surface area contributed by atoms with Crippen molar-refractivity contribution in [3.8, 4) is 0 Å². The zero-order valence-corrected chi connectivity index (χ0v) is 23.5. The molecule has 1 aromatic heterocycles. The SMILES string of the molecule is CC1CCN(c2ccc(C(=O)N3CCC(F)(F)/C(=C\C(=O)NCc4ccccn4)c4ccccc43)c(Cl)c2)C1.Cl. The number of benzene rings is 2. The van der Waals surface area contributed by atoms with Crippen LogP contribution in [0.1, 0.15) is 41.4 Å². The number of nitrogens with zero attached hydrogens (tertiary/aromatic N) is 3. The summed E-state index contributed by atoms with van der Waals surface area (Å²) in [4.78, 5) is 34.1. The molecule has 1 saturated heterocycles. The van der Waals surface area contributed by atoms with Gasteiger partial charge in [-0.1, -0.05) is 42.8 Å². The molecule has 3 aromatic rings. The van der Waals surface area contributed by atoms with E-state index in [9.17, 15) is 9.59 Å². The van der Waals surface area contributed by atoms with E-state index in [0.29, 0.717) is 17.3 Å². The van der Waals surface area contributed by atoms with Gasteiger partial charge in [0, 0.05) is 55.2 Å². The van der Waals surface area contributed by atoms with Crippen LogP contribution in [0.15, 0.2) is 72.9 Å². The number of pyridine rings is 1. The van der Waals surface area contributed by atoms with Crippen LogP contribution in [0, 0.1) is 5.92 Å². The minimum Gasteiger partial charge on any atom is -0.371 e. The molecule has 1 atom stereocenters. The van der Waals surface area contributed by atoms with Crippen molar-refractivity contribution in [2.75, 3.05) is 29.4 Å². The van der Waals surface area contributed by atoms with Crippen LogP contribution in [-0.4, -0.2) is 42.4 Å². The fraction of sp³-hybridized carbons (Fsp3) is 0.300. The summed E-state index contributed by atoms with van der Waals surface area (Å²) in [5.41, 5.74) is 1.78. The molecule has 0 saturated carbocycles. The summed E-state index contributed by atoms with van der Waals surface area (Å²) in [5, 5.41) is 2.89. The maximum Gasteiger partial charge on any atom is 0.275 e. The van der Waals surface area contributed by atoms with Gasteiger partial charge in [0.25, 0.3) is 11.8 Å². The summed E-state index contributed by atoms with van der Waals surface area (Å²) in [5.74, 6) is -3.89. The maximum absolute atomic E-state index is 15.5. The number of allylic oxidation sites excluding steroid dienone is 1. The zero-order valence-electron chi connectivity index (χ0n) is 21.9. The van der Waals surface area contributed by atoms with E-state index in [-0.39, 0.29) is 41.6 Å². The van der Waals surface area contributed by atoms with E-state index >= 15 is 8.78 Å². The van der Waals surface area contributed by atoms with Crippen LogP contribution in [0.2, 0.25) is 5.02 Å². The topological polar surface area (TPSA) is 65.5 Å². The Kier molecular flexibility index (Phi) is 9.11. The Labute approximate surface area is 243 Å². The number of anilines is 2. The largest absolute Gasteiger partial charge is 0.371 e. The van der Waals surface area contributed by atoms with Crippen LogP contribution in [-0.2, 0) is 11.3 Å². The van der Waals surface area contributed by atoms with E-state index in [1.54, 1.807) is 54.7 Å². The molecule has 0 radical (unpaired) electrons. The highest BCUT2D eigenvalue weighted by Gasteiger charge is 2.41. The number of halogens is 4. The fourth-order valence-electron chi connectivity index (χ4n) is 5.09. The molecule has 1 fully saturated rings. The Morgan fingerprint density at radius 3 is 2.60 bits per heavy atom. The molecule has 6 nitrogen and oxygen atoms in total. The van der Waals surface area contributed by atoms with Gasteiger partial charge in [0.05, 0.1) is 28.5 Å². The second-order valence-electron chi connectivity index (χ2n) is 10.0. The molecule has 1 N–H and O–H groups in total. The number of hydrogen-bond donors (Lipinski definition) is 1. The standard InChI is InChI=1S/C30H29ClF2N4O2.ClH/c1-20-11-14-36(19-20)22-9-10-24(26(31)16-22)29(39)37-15-12-30(32,33)25(23-7-2-3-8-27(23)37)17-28(38)35-18-21-6-4-5-13-34-21;/h2-10,13,16-17,20H,11-12,14-15,18-19H2,1H3,(H,35,38);1H/b25-17-;. The number of para-hydroxylation sites is 1. The average Bonchev–Trinajstić information content (AvgIpc) is 3.33. The molecule has 2 aliphatic heterocycles. The second-order valence-corrected chi connectivity index (χ2v) is 10.4. The van der Waals surface area contributed by atoms with E-state index in [0.717, 1.165) is 31.3 Å². The predicted octanol–water partition coefficient (Wildman–Crippen LogP) is 6.39. The number of aromatic nitrogens is 1. The van der Waals surface area contributed by atoms with Crippen molar-refractivity contribution in [2.45, 2.75) is 32.2 Å². The Morgan fingerprint density at radius 2 is 1.90 bits per heavy atom. The lowest BCUT2D eigenvalue weighted by Crippen LogP contribution is -2.33. The zero-order chi connectivity index (χ0) is 27.6. The highest BCUT2D eigenvalue weighted by Crippen LogP contribution is 2.43. The lowest BCUT2D eigenvalue weighted by molar-refractivity contribution is -0.116. The molecule has 0 aliphatic carbocycles. The molecule has 10 heteroatoms. The summed E-state index contributed by atoms with van der Waals surface area (Å²) in [7, 11) is 0. The highest BCUT2D eigenvalue weighted by atomic mass is 35.5. The lowest BCUT2D eigenvalue weighted by Gasteiger charge is -2.24. The van der Waals surface area contributed by atoms with Crippen LogP contribution >= 0.6 is 24.0 Å². The van der Waals surface area contributed by atoms with Crippen LogP contribution in [0.3, 0.4) is 0 Å². The Balaban J connectivity index is 0.00000370. The minimum atomic E-state index is -3.34. The molecular formula is C30H30Cl2F2N4O2. The smallest absolute Gasteiger partial charge is 0.275 e. The van der Waals surface area contributed by atoms with Gasteiger partial charge in [0.1, 0.15) is 0 Å². The van der Waals surface area contributed by atoms with Crippen LogP contribution in [0.5, 0.6) is 0 Å². The molecule has 0 spiro atoms. The molecular weight excluding hydrogens is 557 g/mol. The summed E-state index contributed by atoms with van der Waals surface area (Å²) in [6, 6.07) is 17.0. The third-order valence-corrected chi connectivity index (χ3v) is 7.50. The Morgan fingerprint density at radius 1 is 1.12 bits per heavy atom. The lowest BCUT2D eigenvalue weighted by atomic mass is 9.97. The molecule has 5 rings (SSSR count). The monoisotopic (exact) mass is 586 g/mol. The van der Waals surface area contributed by atoms with Gasteiger partial charge in [-0.05, 0) is 48.7 Å². The summed E-state index contributed by atoms with van der Waals surface area (Å²) in [6.45, 7) is 3.90. The van der Waals surface area contributed by atoms with E-state index in [1.807, 2.05) is 6.07 Å². The molecule has 210 valence electrons. The fourth-order valence-corrected chi connectivity index (χ4v) is 5.34. The molecule has 1 unspecified atom stereocenters. The third kappa shape index (κ3) is 6.29. The minimum absolute atomic E-state index is 0. The van der Waals surface area contributed by atoms with Crippen molar-refractivity contribution in [2.24, 2.45) is 5.92 Å². The van der Waals surface area contributed by atoms with Gasteiger partial charge in [-0.15, -0.1) is 12.4 Å². The Hall–Kier alpha value is -3.49. The number of carbonyl (C=O) groups is 2. The normalized spacial score (nSPS) is 19.0. The Bertz CT molecular complexity index is 1420. The van der Waals surface area contributed by atoms with Gasteiger partial charge in [0.2, 0.25) is 5.91 Å². The van der Waals surface area contributed by atoms with Gasteiger partial charge in [-0.2, -0.15) is 0 Å². The van der Waals surface area contributed by atoms with Gasteiger partial charge in [-0.3, -0.25) is 14.6 Å². The van der Waals surface area contributed by atoms with Gasteiger partial charge < -0.3 is 15.1 Å². The molecule has 2 aromatic carbocycles. The van der Waals surface area contributed by atoms with Crippen LogP contribution in [0.4, 0.5) is 20.2 Å². The number of hydrogen-bond acceptors (Lipinski definition) is 4. The first-order valence-corrected chi connectivity index (χ1v) is 13.3. The van der Waals surface area contributed by atoms with Crippen molar-refractivity contribution < 1.29 is 18.4 Å². The predicted molar refractivity (Wildman–Crippen MR) is 156 cm³/mol. The third-order valence-electron chi connectivity index (χ3n) is 7.19.